The SMILES string of the molecule is CCC(=O)NC(CCCNC(C)=O)C(C)=O. The maximum atomic E-state index is 11.2. The van der Waals surface area contributed by atoms with Gasteiger partial charge in [-0.1, -0.05) is 6.92 Å². The van der Waals surface area contributed by atoms with Gasteiger partial charge in [0, 0.05) is 19.9 Å². The van der Waals surface area contributed by atoms with E-state index < -0.39 is 6.04 Å². The third-order valence-corrected chi connectivity index (χ3v) is 2.19. The van der Waals surface area contributed by atoms with Gasteiger partial charge in [-0.25, -0.2) is 0 Å². The molecule has 5 nitrogen and oxygen atoms in total. The Morgan fingerprint density at radius 1 is 1.19 bits per heavy atom. The van der Waals surface area contributed by atoms with Crippen LogP contribution >= 0.6 is 0 Å². The Bertz CT molecular complexity index is 264. The van der Waals surface area contributed by atoms with E-state index in [4.69, 9.17) is 0 Å². The predicted octanol–water partition coefficient (Wildman–Crippen LogP) is 0.386. The quantitative estimate of drug-likeness (QED) is 0.619. The monoisotopic (exact) mass is 228 g/mol. The minimum absolute atomic E-state index is 0.0513. The molecule has 1 atom stereocenters. The van der Waals surface area contributed by atoms with E-state index in [1.165, 1.54) is 13.8 Å². The van der Waals surface area contributed by atoms with Crippen molar-refractivity contribution < 1.29 is 14.4 Å². The molecule has 0 aromatic heterocycles. The molecule has 5 heteroatoms. The molecule has 1 unspecified atom stereocenters. The van der Waals surface area contributed by atoms with Crippen molar-refractivity contribution in [2.24, 2.45) is 0 Å². The summed E-state index contributed by atoms with van der Waals surface area (Å²) in [4.78, 5) is 33.0. The second kappa shape index (κ2) is 7.84. The van der Waals surface area contributed by atoms with E-state index in [9.17, 15) is 14.4 Å². The normalized spacial score (nSPS) is 11.7. The zero-order valence-corrected chi connectivity index (χ0v) is 10.1. The van der Waals surface area contributed by atoms with Crippen LogP contribution in [0.5, 0.6) is 0 Å². The van der Waals surface area contributed by atoms with Crippen LogP contribution in [-0.4, -0.2) is 30.2 Å². The van der Waals surface area contributed by atoms with Crippen molar-refractivity contribution in [3.05, 3.63) is 0 Å². The maximum absolute atomic E-state index is 11.2. The van der Waals surface area contributed by atoms with Gasteiger partial charge in [-0.15, -0.1) is 0 Å². The molecule has 0 heterocycles. The summed E-state index contributed by atoms with van der Waals surface area (Å²) in [5.41, 5.74) is 0. The van der Waals surface area contributed by atoms with Crippen molar-refractivity contribution in [3.63, 3.8) is 0 Å². The lowest BCUT2D eigenvalue weighted by Crippen LogP contribution is -2.39. The number of nitrogens with one attached hydrogen (secondary N) is 2. The molecule has 0 aliphatic heterocycles. The molecular formula is C11H20N2O3. The topological polar surface area (TPSA) is 75.3 Å². The second-order valence-electron chi connectivity index (χ2n) is 3.71. The molecule has 0 aliphatic carbocycles. The molecule has 0 rings (SSSR count). The Balaban J connectivity index is 3.90. The van der Waals surface area contributed by atoms with Gasteiger partial charge in [0.1, 0.15) is 0 Å². The molecule has 0 fully saturated rings. The second-order valence-corrected chi connectivity index (χ2v) is 3.71. The standard InChI is InChI=1S/C11H20N2O3/c1-4-11(16)13-10(8(2)14)6-5-7-12-9(3)15/h10H,4-7H2,1-3H3,(H,12,15)(H,13,16). The number of carbonyl (C=O) groups is 3. The number of amides is 2. The summed E-state index contributed by atoms with van der Waals surface area (Å²) >= 11 is 0. The summed E-state index contributed by atoms with van der Waals surface area (Å²) in [5, 5.41) is 5.30. The van der Waals surface area contributed by atoms with E-state index in [0.717, 1.165) is 0 Å². The lowest BCUT2D eigenvalue weighted by atomic mass is 10.1. The summed E-state index contributed by atoms with van der Waals surface area (Å²) in [6, 6.07) is -0.429. The van der Waals surface area contributed by atoms with Crippen LogP contribution in [0.2, 0.25) is 0 Å². The Kier molecular flexibility index (Phi) is 7.16. The minimum Gasteiger partial charge on any atom is -0.356 e. The van der Waals surface area contributed by atoms with Crippen LogP contribution in [0.25, 0.3) is 0 Å². The number of Topliss-reactive ketones (excluding diaryl/α,β-unsaturated/α-hetero) is 1. The Morgan fingerprint density at radius 3 is 2.25 bits per heavy atom. The molecule has 0 saturated heterocycles. The fourth-order valence-corrected chi connectivity index (χ4v) is 1.24. The van der Waals surface area contributed by atoms with Gasteiger partial charge in [0.05, 0.1) is 6.04 Å². The van der Waals surface area contributed by atoms with E-state index in [-0.39, 0.29) is 17.6 Å². The summed E-state index contributed by atoms with van der Waals surface area (Å²) < 4.78 is 0. The van der Waals surface area contributed by atoms with E-state index >= 15 is 0 Å². The smallest absolute Gasteiger partial charge is 0.220 e. The lowest BCUT2D eigenvalue weighted by molar-refractivity contribution is -0.126. The van der Waals surface area contributed by atoms with Crippen LogP contribution in [0.1, 0.15) is 40.0 Å². The molecule has 0 aromatic carbocycles. The highest BCUT2D eigenvalue weighted by Crippen LogP contribution is 1.99. The molecule has 0 bridgehead atoms. The van der Waals surface area contributed by atoms with Crippen LogP contribution in [0.15, 0.2) is 0 Å². The highest BCUT2D eigenvalue weighted by molar-refractivity contribution is 5.87. The van der Waals surface area contributed by atoms with E-state index in [0.29, 0.717) is 25.8 Å². The minimum atomic E-state index is -0.429. The number of hydrogen-bond acceptors (Lipinski definition) is 3. The first-order valence-electron chi connectivity index (χ1n) is 5.51. The molecular weight excluding hydrogens is 208 g/mol. The van der Waals surface area contributed by atoms with Crippen molar-refractivity contribution in [2.75, 3.05) is 6.54 Å². The van der Waals surface area contributed by atoms with E-state index in [1.807, 2.05) is 0 Å². The van der Waals surface area contributed by atoms with Crippen molar-refractivity contribution in [1.82, 2.24) is 10.6 Å². The fraction of sp³-hybridized carbons (Fsp3) is 0.727. The van der Waals surface area contributed by atoms with Gasteiger partial charge in [0.25, 0.3) is 0 Å². The average molecular weight is 228 g/mol. The number of hydrogen-bond donors (Lipinski definition) is 2. The van der Waals surface area contributed by atoms with Crippen molar-refractivity contribution in [2.45, 2.75) is 46.1 Å². The van der Waals surface area contributed by atoms with E-state index in [1.54, 1.807) is 6.92 Å². The summed E-state index contributed by atoms with van der Waals surface area (Å²) in [6.45, 7) is 5.17. The molecule has 0 spiro atoms. The van der Waals surface area contributed by atoms with Crippen molar-refractivity contribution in [1.29, 1.82) is 0 Å². The molecule has 0 saturated carbocycles. The number of rotatable bonds is 7. The third kappa shape index (κ3) is 6.98. The van der Waals surface area contributed by atoms with Crippen LogP contribution in [0.4, 0.5) is 0 Å². The average Bonchev–Trinajstić information content (AvgIpc) is 2.21. The van der Waals surface area contributed by atoms with Gasteiger partial charge in [-0.3, -0.25) is 14.4 Å². The molecule has 2 amide bonds. The molecule has 0 aromatic rings. The summed E-state index contributed by atoms with van der Waals surface area (Å²) in [5.74, 6) is -0.263. The Morgan fingerprint density at radius 2 is 1.81 bits per heavy atom. The highest BCUT2D eigenvalue weighted by Gasteiger charge is 2.15. The van der Waals surface area contributed by atoms with Crippen LogP contribution in [-0.2, 0) is 14.4 Å². The van der Waals surface area contributed by atoms with Gasteiger partial charge in [-0.05, 0) is 19.8 Å². The van der Waals surface area contributed by atoms with Crippen LogP contribution < -0.4 is 10.6 Å². The zero-order chi connectivity index (χ0) is 12.6. The third-order valence-electron chi connectivity index (χ3n) is 2.19. The molecule has 0 radical (unpaired) electrons. The van der Waals surface area contributed by atoms with Crippen molar-refractivity contribution in [3.8, 4) is 0 Å². The van der Waals surface area contributed by atoms with Crippen molar-refractivity contribution >= 4 is 17.6 Å². The lowest BCUT2D eigenvalue weighted by Gasteiger charge is -2.15. The highest BCUT2D eigenvalue weighted by atomic mass is 16.2. The van der Waals surface area contributed by atoms with Gasteiger partial charge in [0.15, 0.2) is 5.78 Å². The first-order chi connectivity index (χ1) is 7.47. The van der Waals surface area contributed by atoms with Gasteiger partial charge < -0.3 is 10.6 Å². The zero-order valence-electron chi connectivity index (χ0n) is 10.1. The molecule has 0 aliphatic rings. The number of ketones is 1. The maximum Gasteiger partial charge on any atom is 0.220 e. The van der Waals surface area contributed by atoms with Crippen LogP contribution in [0.3, 0.4) is 0 Å². The van der Waals surface area contributed by atoms with Gasteiger partial charge in [-0.2, -0.15) is 0 Å². The van der Waals surface area contributed by atoms with Crippen LogP contribution in [0, 0.1) is 0 Å². The Hall–Kier alpha value is -1.39. The molecule has 16 heavy (non-hydrogen) atoms. The number of carbonyl (C=O) groups excluding carboxylic acids is 3. The Labute approximate surface area is 96.0 Å². The summed E-state index contributed by atoms with van der Waals surface area (Å²) in [6.07, 6.45) is 1.60. The van der Waals surface area contributed by atoms with E-state index in [2.05, 4.69) is 10.6 Å². The molecule has 92 valence electrons. The molecule has 2 N–H and O–H groups in total. The van der Waals surface area contributed by atoms with Gasteiger partial charge in [0.2, 0.25) is 11.8 Å². The van der Waals surface area contributed by atoms with Gasteiger partial charge >= 0.3 is 0 Å². The predicted molar refractivity (Wildman–Crippen MR) is 60.8 cm³/mol. The first kappa shape index (κ1) is 14.6. The first-order valence-corrected chi connectivity index (χ1v) is 5.51. The largest absolute Gasteiger partial charge is 0.356 e. The fourth-order valence-electron chi connectivity index (χ4n) is 1.24. The summed E-state index contributed by atoms with van der Waals surface area (Å²) in [7, 11) is 0.